The van der Waals surface area contributed by atoms with Gasteiger partial charge < -0.3 is 14.1 Å². The number of hydrogen-bond donors (Lipinski definition) is 3. The Morgan fingerprint density at radius 3 is 2.55 bits per heavy atom. The summed E-state index contributed by atoms with van der Waals surface area (Å²) in [5.41, 5.74) is -0.406. The smallest absolute Gasteiger partial charge is 0.265 e. The van der Waals surface area contributed by atoms with E-state index in [0.29, 0.717) is 29.0 Å². The SMILES string of the molecule is O=c1[nH]ccc(SO)c1SO. The standard InChI is InChI=1S/C5H5NO3S2/c7-5-4(11-9)3(10-8)1-2-6-5/h1-2,8-9H,(H,6,7). The maximum absolute atomic E-state index is 10.9. The van der Waals surface area contributed by atoms with Crippen LogP contribution in [-0.4, -0.2) is 14.1 Å². The first-order valence-electron chi connectivity index (χ1n) is 2.64. The molecule has 4 nitrogen and oxygen atoms in total. The molecule has 6 heteroatoms. The van der Waals surface area contributed by atoms with E-state index in [-0.39, 0.29) is 4.90 Å². The molecule has 0 aliphatic rings. The van der Waals surface area contributed by atoms with Gasteiger partial charge in [0.15, 0.2) is 0 Å². The van der Waals surface area contributed by atoms with Gasteiger partial charge >= 0.3 is 0 Å². The van der Waals surface area contributed by atoms with Crippen LogP contribution in [0.5, 0.6) is 0 Å². The Bertz CT molecular complexity index is 298. The number of aromatic amines is 1. The quantitative estimate of drug-likeness (QED) is 0.618. The second kappa shape index (κ2) is 3.82. The third-order valence-electron chi connectivity index (χ3n) is 1.07. The van der Waals surface area contributed by atoms with Gasteiger partial charge in [0.1, 0.15) is 4.90 Å². The number of H-pyrrole nitrogens is 1. The van der Waals surface area contributed by atoms with Crippen molar-refractivity contribution >= 4 is 24.1 Å². The van der Waals surface area contributed by atoms with Crippen molar-refractivity contribution in [2.24, 2.45) is 0 Å². The average Bonchev–Trinajstić information content (AvgIpc) is 2.04. The first kappa shape index (κ1) is 8.66. The predicted octanol–water partition coefficient (Wildman–Crippen LogP) is 1.51. The number of pyridine rings is 1. The zero-order chi connectivity index (χ0) is 8.27. The van der Waals surface area contributed by atoms with Gasteiger partial charge in [-0.05, 0) is 6.07 Å². The number of rotatable bonds is 2. The van der Waals surface area contributed by atoms with Gasteiger partial charge in [0.25, 0.3) is 5.56 Å². The predicted molar refractivity (Wildman–Crippen MR) is 44.0 cm³/mol. The van der Waals surface area contributed by atoms with Crippen LogP contribution in [0.2, 0.25) is 0 Å². The summed E-state index contributed by atoms with van der Waals surface area (Å²) >= 11 is 0.755. The van der Waals surface area contributed by atoms with Crippen LogP contribution in [0.3, 0.4) is 0 Å². The Morgan fingerprint density at radius 2 is 2.09 bits per heavy atom. The zero-order valence-corrected chi connectivity index (χ0v) is 6.91. The van der Waals surface area contributed by atoms with Gasteiger partial charge in [0.2, 0.25) is 0 Å². The zero-order valence-electron chi connectivity index (χ0n) is 5.27. The lowest BCUT2D eigenvalue weighted by atomic mass is 10.5. The van der Waals surface area contributed by atoms with E-state index in [1.165, 1.54) is 12.3 Å². The minimum atomic E-state index is -0.406. The normalized spacial score (nSPS) is 10.0. The highest BCUT2D eigenvalue weighted by Crippen LogP contribution is 2.22. The molecule has 0 aliphatic heterocycles. The molecule has 0 fully saturated rings. The Hall–Kier alpha value is -0.430. The van der Waals surface area contributed by atoms with Gasteiger partial charge in [-0.3, -0.25) is 4.79 Å². The summed E-state index contributed by atoms with van der Waals surface area (Å²) in [6.45, 7) is 0. The van der Waals surface area contributed by atoms with Crippen molar-refractivity contribution in [1.82, 2.24) is 4.98 Å². The van der Waals surface area contributed by atoms with Crippen molar-refractivity contribution in [2.45, 2.75) is 9.79 Å². The van der Waals surface area contributed by atoms with Crippen molar-refractivity contribution in [3.8, 4) is 0 Å². The molecule has 1 aromatic heterocycles. The van der Waals surface area contributed by atoms with E-state index >= 15 is 0 Å². The molecule has 11 heavy (non-hydrogen) atoms. The van der Waals surface area contributed by atoms with Crippen LogP contribution in [-0.2, 0) is 0 Å². The highest BCUT2D eigenvalue weighted by molar-refractivity contribution is 7.96. The van der Waals surface area contributed by atoms with Crippen LogP contribution < -0.4 is 5.56 Å². The third kappa shape index (κ3) is 1.78. The van der Waals surface area contributed by atoms with Crippen molar-refractivity contribution in [3.05, 3.63) is 22.6 Å². The second-order valence-electron chi connectivity index (χ2n) is 1.68. The van der Waals surface area contributed by atoms with Gasteiger partial charge in [0.05, 0.1) is 4.90 Å². The molecule has 1 rings (SSSR count). The van der Waals surface area contributed by atoms with Crippen LogP contribution in [0.1, 0.15) is 0 Å². The molecular formula is C5H5NO3S2. The Labute approximate surface area is 71.1 Å². The van der Waals surface area contributed by atoms with E-state index < -0.39 is 5.56 Å². The van der Waals surface area contributed by atoms with Gasteiger partial charge in [-0.2, -0.15) is 0 Å². The molecule has 0 spiro atoms. The summed E-state index contributed by atoms with van der Waals surface area (Å²) < 4.78 is 17.2. The maximum atomic E-state index is 10.9. The van der Waals surface area contributed by atoms with Crippen molar-refractivity contribution in [2.75, 3.05) is 0 Å². The fourth-order valence-corrected chi connectivity index (χ4v) is 1.43. The summed E-state index contributed by atoms with van der Waals surface area (Å²) in [7, 11) is 0. The summed E-state index contributed by atoms with van der Waals surface area (Å²) in [5, 5.41) is 0. The molecule has 0 saturated carbocycles. The van der Waals surface area contributed by atoms with Crippen LogP contribution in [0.4, 0.5) is 0 Å². The summed E-state index contributed by atoms with van der Waals surface area (Å²) in [5.74, 6) is 0. The molecule has 60 valence electrons. The lowest BCUT2D eigenvalue weighted by Crippen LogP contribution is -2.07. The fourth-order valence-electron chi connectivity index (χ4n) is 0.604. The van der Waals surface area contributed by atoms with Crippen molar-refractivity contribution in [1.29, 1.82) is 0 Å². The molecule has 0 atom stereocenters. The first-order valence-corrected chi connectivity index (χ1v) is 4.18. The average molecular weight is 191 g/mol. The largest absolute Gasteiger partial charge is 0.328 e. The highest BCUT2D eigenvalue weighted by atomic mass is 32.2. The van der Waals surface area contributed by atoms with Crippen LogP contribution in [0.15, 0.2) is 26.8 Å². The third-order valence-corrected chi connectivity index (χ3v) is 2.32. The molecule has 0 aromatic carbocycles. The number of aromatic nitrogens is 1. The lowest BCUT2D eigenvalue weighted by molar-refractivity contribution is 0.650. The van der Waals surface area contributed by atoms with E-state index in [1.54, 1.807) is 0 Å². The van der Waals surface area contributed by atoms with Crippen molar-refractivity contribution in [3.63, 3.8) is 0 Å². The van der Waals surface area contributed by atoms with E-state index in [1.807, 2.05) is 0 Å². The molecule has 3 N–H and O–H groups in total. The van der Waals surface area contributed by atoms with E-state index in [0.717, 1.165) is 0 Å². The number of hydrogen-bond acceptors (Lipinski definition) is 5. The minimum absolute atomic E-state index is 0.111. The van der Waals surface area contributed by atoms with E-state index in [9.17, 15) is 4.79 Å². The van der Waals surface area contributed by atoms with Gasteiger partial charge in [0, 0.05) is 30.3 Å². The molecule has 1 aromatic rings. The molecular weight excluding hydrogens is 186 g/mol. The van der Waals surface area contributed by atoms with Gasteiger partial charge in [-0.1, -0.05) is 0 Å². The molecule has 0 aliphatic carbocycles. The fraction of sp³-hybridized carbons (Fsp3) is 0. The van der Waals surface area contributed by atoms with Crippen molar-refractivity contribution < 1.29 is 9.11 Å². The molecule has 0 radical (unpaired) electrons. The summed E-state index contributed by atoms with van der Waals surface area (Å²) in [6, 6.07) is 1.50. The summed E-state index contributed by atoms with van der Waals surface area (Å²) in [4.78, 5) is 13.7. The van der Waals surface area contributed by atoms with Crippen LogP contribution in [0, 0.1) is 0 Å². The van der Waals surface area contributed by atoms with Gasteiger partial charge in [-0.25, -0.2) is 0 Å². The molecule has 1 heterocycles. The minimum Gasteiger partial charge on any atom is -0.328 e. The lowest BCUT2D eigenvalue weighted by Gasteiger charge is -1.97. The Morgan fingerprint density at radius 1 is 1.36 bits per heavy atom. The molecule has 0 bridgehead atoms. The molecule has 0 saturated heterocycles. The first-order chi connectivity index (χ1) is 5.29. The van der Waals surface area contributed by atoms with E-state index in [2.05, 4.69) is 4.98 Å². The second-order valence-corrected chi connectivity index (χ2v) is 2.90. The topological polar surface area (TPSA) is 73.3 Å². The van der Waals surface area contributed by atoms with Crippen LogP contribution >= 0.6 is 24.1 Å². The molecule has 0 amide bonds. The summed E-state index contributed by atoms with van der Waals surface area (Å²) in [6.07, 6.45) is 1.40. The van der Waals surface area contributed by atoms with Crippen LogP contribution in [0.25, 0.3) is 0 Å². The monoisotopic (exact) mass is 191 g/mol. The maximum Gasteiger partial charge on any atom is 0.265 e. The van der Waals surface area contributed by atoms with Gasteiger partial charge in [-0.15, -0.1) is 0 Å². The number of nitrogens with one attached hydrogen (secondary N) is 1. The van der Waals surface area contributed by atoms with E-state index in [4.69, 9.17) is 9.11 Å². The Balaban J connectivity index is 3.24. The highest BCUT2D eigenvalue weighted by Gasteiger charge is 2.05. The Kier molecular flexibility index (Phi) is 3.01. The molecule has 0 unspecified atom stereocenters.